The van der Waals surface area contributed by atoms with Crippen LogP contribution in [0.4, 0.5) is 4.79 Å². The maximum atomic E-state index is 11.4. The average molecular weight is 296 g/mol. The van der Waals surface area contributed by atoms with E-state index in [-0.39, 0.29) is 18.7 Å². The lowest BCUT2D eigenvalue weighted by Gasteiger charge is -2.11. The maximum absolute atomic E-state index is 11.4. The average Bonchev–Trinajstić information content (AvgIpc) is 2.42. The minimum absolute atomic E-state index is 0.0419. The molecule has 0 unspecified atom stereocenters. The number of urea groups is 1. The molecule has 0 bridgehead atoms. The Hall–Kier alpha value is -1.20. The van der Waals surface area contributed by atoms with Crippen LogP contribution in [0.15, 0.2) is 24.3 Å². The normalized spacial score (nSPS) is 11.9. The summed E-state index contributed by atoms with van der Waals surface area (Å²) in [5.41, 5.74) is 2.64. The van der Waals surface area contributed by atoms with Gasteiger partial charge in [0.05, 0.1) is 12.6 Å². The molecule has 0 aromatic heterocycles. The summed E-state index contributed by atoms with van der Waals surface area (Å²) in [6.07, 6.45) is 0.942. The highest BCUT2D eigenvalue weighted by atomic mass is 32.2. The van der Waals surface area contributed by atoms with Gasteiger partial charge in [0, 0.05) is 12.3 Å². The fourth-order valence-electron chi connectivity index (χ4n) is 1.69. The van der Waals surface area contributed by atoms with Crippen molar-refractivity contribution >= 4 is 17.8 Å². The number of nitrogens with one attached hydrogen (secondary N) is 2. The van der Waals surface area contributed by atoms with Gasteiger partial charge in [-0.1, -0.05) is 29.8 Å². The van der Waals surface area contributed by atoms with Crippen molar-refractivity contribution in [2.45, 2.75) is 32.1 Å². The molecule has 20 heavy (non-hydrogen) atoms. The minimum atomic E-state index is -0.213. The minimum Gasteiger partial charge on any atom is -0.394 e. The van der Waals surface area contributed by atoms with Crippen molar-refractivity contribution in [3.63, 3.8) is 0 Å². The summed E-state index contributed by atoms with van der Waals surface area (Å²) in [6, 6.07) is 8.11. The third-order valence-electron chi connectivity index (χ3n) is 2.75. The topological polar surface area (TPSA) is 61.4 Å². The Morgan fingerprint density at radius 1 is 1.45 bits per heavy atom. The summed E-state index contributed by atoms with van der Waals surface area (Å²) in [5, 5.41) is 14.2. The van der Waals surface area contributed by atoms with Gasteiger partial charge >= 0.3 is 6.03 Å². The number of aliphatic hydroxyl groups excluding tert-OH is 1. The van der Waals surface area contributed by atoms with Gasteiger partial charge in [-0.3, -0.25) is 0 Å². The molecular formula is C15H24N2O2S. The van der Waals surface area contributed by atoms with Crippen LogP contribution in [0.2, 0.25) is 0 Å². The number of amides is 2. The van der Waals surface area contributed by atoms with Crippen molar-refractivity contribution in [2.24, 2.45) is 0 Å². The zero-order valence-corrected chi connectivity index (χ0v) is 13.0. The molecule has 5 heteroatoms. The lowest BCUT2D eigenvalue weighted by Crippen LogP contribution is -2.42. The van der Waals surface area contributed by atoms with Gasteiger partial charge < -0.3 is 15.7 Å². The van der Waals surface area contributed by atoms with Crippen molar-refractivity contribution in [2.75, 3.05) is 18.9 Å². The summed E-state index contributed by atoms with van der Waals surface area (Å²) in [7, 11) is 0. The van der Waals surface area contributed by atoms with Crippen LogP contribution < -0.4 is 10.6 Å². The van der Waals surface area contributed by atoms with Crippen LogP contribution in [0.5, 0.6) is 0 Å². The smallest absolute Gasteiger partial charge is 0.315 e. The quantitative estimate of drug-likeness (QED) is 0.645. The van der Waals surface area contributed by atoms with Crippen molar-refractivity contribution in [3.8, 4) is 0 Å². The van der Waals surface area contributed by atoms with Gasteiger partial charge in [-0.05, 0) is 31.6 Å². The number of hydrogen-bond donors (Lipinski definition) is 3. The molecular weight excluding hydrogens is 272 g/mol. The first kappa shape index (κ1) is 16.9. The highest BCUT2D eigenvalue weighted by molar-refractivity contribution is 7.98. The highest BCUT2D eigenvalue weighted by Crippen LogP contribution is 2.13. The molecule has 2 amide bonds. The van der Waals surface area contributed by atoms with E-state index in [0.717, 1.165) is 17.9 Å². The summed E-state index contributed by atoms with van der Waals surface area (Å²) in [5.74, 6) is 2.03. The number of carbonyl (C=O) groups is 1. The molecule has 0 fully saturated rings. The molecule has 0 saturated carbocycles. The van der Waals surface area contributed by atoms with Crippen LogP contribution in [0.25, 0.3) is 0 Å². The first-order valence-corrected chi connectivity index (χ1v) is 8.06. The summed E-state index contributed by atoms with van der Waals surface area (Å²) in [6.45, 7) is 4.48. The highest BCUT2D eigenvalue weighted by Gasteiger charge is 2.04. The maximum Gasteiger partial charge on any atom is 0.315 e. The van der Waals surface area contributed by atoms with E-state index in [1.54, 1.807) is 6.92 Å². The molecule has 0 saturated heterocycles. The number of carbonyl (C=O) groups excluding carboxylic acids is 1. The zero-order valence-electron chi connectivity index (χ0n) is 12.2. The van der Waals surface area contributed by atoms with Crippen LogP contribution in [-0.2, 0) is 5.75 Å². The van der Waals surface area contributed by atoms with E-state index >= 15 is 0 Å². The predicted molar refractivity (Wildman–Crippen MR) is 85.0 cm³/mol. The van der Waals surface area contributed by atoms with Gasteiger partial charge in [-0.25, -0.2) is 4.79 Å². The van der Waals surface area contributed by atoms with E-state index in [1.165, 1.54) is 11.1 Å². The van der Waals surface area contributed by atoms with Gasteiger partial charge in [-0.15, -0.1) is 0 Å². The van der Waals surface area contributed by atoms with Crippen molar-refractivity contribution in [1.29, 1.82) is 0 Å². The van der Waals surface area contributed by atoms with E-state index in [4.69, 9.17) is 5.11 Å². The molecule has 0 radical (unpaired) electrons. The second kappa shape index (κ2) is 9.66. The standard InChI is InChI=1S/C15H24N2O2S/c1-12-5-3-6-14(9-12)11-20-8-4-7-16-15(19)17-13(2)10-18/h3,5-6,9,13,18H,4,7-8,10-11H2,1-2H3,(H2,16,17,19)/t13-/m0/s1. The third kappa shape index (κ3) is 7.40. The number of thioether (sulfide) groups is 1. The van der Waals surface area contributed by atoms with Crippen molar-refractivity contribution < 1.29 is 9.90 Å². The molecule has 1 rings (SSSR count). The largest absolute Gasteiger partial charge is 0.394 e. The van der Waals surface area contributed by atoms with E-state index in [1.807, 2.05) is 11.8 Å². The van der Waals surface area contributed by atoms with Crippen LogP contribution in [0, 0.1) is 6.92 Å². The Kier molecular flexibility index (Phi) is 8.14. The molecule has 112 valence electrons. The SMILES string of the molecule is Cc1cccc(CSCCCNC(=O)N[C@@H](C)CO)c1. The second-order valence-corrected chi connectivity index (χ2v) is 5.98. The number of benzene rings is 1. The van der Waals surface area contributed by atoms with Gasteiger partial charge in [0.2, 0.25) is 0 Å². The molecule has 1 aromatic rings. The van der Waals surface area contributed by atoms with Crippen LogP contribution in [0.1, 0.15) is 24.5 Å². The van der Waals surface area contributed by atoms with Crippen LogP contribution >= 0.6 is 11.8 Å². The van der Waals surface area contributed by atoms with Crippen molar-refractivity contribution in [3.05, 3.63) is 35.4 Å². The van der Waals surface area contributed by atoms with E-state index in [0.29, 0.717) is 6.54 Å². The Morgan fingerprint density at radius 2 is 2.25 bits per heavy atom. The third-order valence-corrected chi connectivity index (χ3v) is 3.87. The Bertz CT molecular complexity index is 413. The molecule has 3 N–H and O–H groups in total. The molecule has 4 nitrogen and oxygen atoms in total. The van der Waals surface area contributed by atoms with E-state index in [2.05, 4.69) is 41.8 Å². The van der Waals surface area contributed by atoms with Crippen molar-refractivity contribution in [1.82, 2.24) is 10.6 Å². The number of aryl methyl sites for hydroxylation is 1. The summed E-state index contributed by atoms with van der Waals surface area (Å²) < 4.78 is 0. The monoisotopic (exact) mass is 296 g/mol. The fraction of sp³-hybridized carbons (Fsp3) is 0.533. The Morgan fingerprint density at radius 3 is 2.95 bits per heavy atom. The number of rotatable bonds is 8. The molecule has 0 heterocycles. The molecule has 1 atom stereocenters. The Balaban J connectivity index is 2.04. The van der Waals surface area contributed by atoms with E-state index < -0.39 is 0 Å². The lowest BCUT2D eigenvalue weighted by atomic mass is 10.2. The fourth-order valence-corrected chi connectivity index (χ4v) is 2.60. The summed E-state index contributed by atoms with van der Waals surface area (Å²) in [4.78, 5) is 11.4. The van der Waals surface area contributed by atoms with Gasteiger partial charge in [-0.2, -0.15) is 11.8 Å². The van der Waals surface area contributed by atoms with Crippen LogP contribution in [-0.4, -0.2) is 36.1 Å². The second-order valence-electron chi connectivity index (χ2n) is 4.88. The molecule has 0 aliphatic carbocycles. The van der Waals surface area contributed by atoms with E-state index in [9.17, 15) is 4.79 Å². The summed E-state index contributed by atoms with van der Waals surface area (Å²) >= 11 is 1.87. The van der Waals surface area contributed by atoms with Gasteiger partial charge in [0.1, 0.15) is 0 Å². The predicted octanol–water partition coefficient (Wildman–Crippen LogP) is 2.30. The molecule has 0 aliphatic rings. The lowest BCUT2D eigenvalue weighted by molar-refractivity contribution is 0.220. The number of aliphatic hydroxyl groups is 1. The van der Waals surface area contributed by atoms with Gasteiger partial charge in [0.25, 0.3) is 0 Å². The molecule has 0 spiro atoms. The first-order valence-electron chi connectivity index (χ1n) is 6.90. The number of hydrogen-bond acceptors (Lipinski definition) is 3. The molecule has 1 aromatic carbocycles. The first-order chi connectivity index (χ1) is 9.61. The molecule has 0 aliphatic heterocycles. The van der Waals surface area contributed by atoms with Crippen LogP contribution in [0.3, 0.4) is 0 Å². The zero-order chi connectivity index (χ0) is 14.8. The van der Waals surface area contributed by atoms with Gasteiger partial charge in [0.15, 0.2) is 0 Å². The Labute approximate surface area is 125 Å².